The molecule has 1 aromatic heterocycles. The number of aromatic nitrogens is 1. The number of sulfonamides is 1. The van der Waals surface area contributed by atoms with E-state index < -0.39 is 10.0 Å². The van der Waals surface area contributed by atoms with Gasteiger partial charge in [-0.2, -0.15) is 0 Å². The fraction of sp³-hybridized carbons (Fsp3) is 0.308. The summed E-state index contributed by atoms with van der Waals surface area (Å²) in [5.41, 5.74) is 1.13. The molecule has 0 spiro atoms. The first kappa shape index (κ1) is 13.6. The topological polar surface area (TPSA) is 72.2 Å². The quantitative estimate of drug-likeness (QED) is 0.913. The van der Waals surface area contributed by atoms with Crippen molar-refractivity contribution in [3.63, 3.8) is 0 Å². The monoisotopic (exact) mass is 280 g/mol. The van der Waals surface area contributed by atoms with Gasteiger partial charge in [0.1, 0.15) is 6.26 Å². The van der Waals surface area contributed by atoms with E-state index in [0.717, 1.165) is 12.0 Å². The Morgan fingerprint density at radius 2 is 1.95 bits per heavy atom. The third kappa shape index (κ3) is 3.14. The first-order chi connectivity index (χ1) is 9.03. The zero-order chi connectivity index (χ0) is 13.9. The highest BCUT2D eigenvalue weighted by Crippen LogP contribution is 2.21. The molecule has 0 bridgehead atoms. The SMILES string of the molecule is CC[C@@H](C)c1ccc(S(=O)(=O)Nc2ccon2)cc1. The van der Waals surface area contributed by atoms with Gasteiger partial charge in [-0.15, -0.1) is 0 Å². The Kier molecular flexibility index (Phi) is 3.90. The van der Waals surface area contributed by atoms with Crippen LogP contribution in [0.3, 0.4) is 0 Å². The molecule has 2 aromatic rings. The van der Waals surface area contributed by atoms with Crippen LogP contribution < -0.4 is 4.72 Å². The first-order valence-electron chi connectivity index (χ1n) is 6.06. The van der Waals surface area contributed by atoms with Crippen molar-refractivity contribution < 1.29 is 12.9 Å². The molecular formula is C13H16N2O3S. The van der Waals surface area contributed by atoms with Gasteiger partial charge in [0.15, 0.2) is 5.82 Å². The highest BCUT2D eigenvalue weighted by atomic mass is 32.2. The number of nitrogens with one attached hydrogen (secondary N) is 1. The molecule has 2 rings (SSSR count). The summed E-state index contributed by atoms with van der Waals surface area (Å²) in [7, 11) is -3.60. The van der Waals surface area contributed by atoms with E-state index in [-0.39, 0.29) is 10.7 Å². The highest BCUT2D eigenvalue weighted by Gasteiger charge is 2.15. The summed E-state index contributed by atoms with van der Waals surface area (Å²) in [6.45, 7) is 4.21. The zero-order valence-corrected chi connectivity index (χ0v) is 11.6. The number of hydrogen-bond acceptors (Lipinski definition) is 4. The van der Waals surface area contributed by atoms with Gasteiger partial charge in [0.2, 0.25) is 0 Å². The largest absolute Gasteiger partial charge is 0.363 e. The third-order valence-corrected chi connectivity index (χ3v) is 4.42. The van der Waals surface area contributed by atoms with Crippen molar-refractivity contribution in [3.05, 3.63) is 42.2 Å². The molecule has 0 aliphatic rings. The lowest BCUT2D eigenvalue weighted by Gasteiger charge is -2.10. The molecule has 0 saturated carbocycles. The first-order valence-corrected chi connectivity index (χ1v) is 7.54. The zero-order valence-electron chi connectivity index (χ0n) is 10.8. The van der Waals surface area contributed by atoms with Crippen LogP contribution in [0, 0.1) is 0 Å². The summed E-state index contributed by atoms with van der Waals surface area (Å²) in [4.78, 5) is 0.211. The van der Waals surface area contributed by atoms with Gasteiger partial charge in [-0.25, -0.2) is 8.42 Å². The fourth-order valence-corrected chi connectivity index (χ4v) is 2.67. The van der Waals surface area contributed by atoms with Crippen LogP contribution in [0.15, 0.2) is 46.0 Å². The number of benzene rings is 1. The average molecular weight is 280 g/mol. The van der Waals surface area contributed by atoms with Crippen LogP contribution in [0.5, 0.6) is 0 Å². The lowest BCUT2D eigenvalue weighted by molar-refractivity contribution is 0.423. The smallest absolute Gasteiger partial charge is 0.263 e. The molecular weight excluding hydrogens is 264 g/mol. The van der Waals surface area contributed by atoms with Crippen molar-refractivity contribution in [1.29, 1.82) is 0 Å². The molecule has 0 radical (unpaired) electrons. The Balaban J connectivity index is 2.21. The van der Waals surface area contributed by atoms with Crippen LogP contribution in [0.1, 0.15) is 31.7 Å². The van der Waals surface area contributed by atoms with Gasteiger partial charge in [-0.3, -0.25) is 4.72 Å². The Morgan fingerprint density at radius 1 is 1.26 bits per heavy atom. The van der Waals surface area contributed by atoms with Crippen molar-refractivity contribution in [2.45, 2.75) is 31.1 Å². The molecule has 0 fully saturated rings. The summed E-state index contributed by atoms with van der Waals surface area (Å²) in [6, 6.07) is 8.33. The van der Waals surface area contributed by atoms with Crippen molar-refractivity contribution >= 4 is 15.8 Å². The second-order valence-electron chi connectivity index (χ2n) is 4.37. The van der Waals surface area contributed by atoms with Crippen molar-refractivity contribution in [2.75, 3.05) is 4.72 Å². The molecule has 6 heteroatoms. The molecule has 1 aromatic carbocycles. The van der Waals surface area contributed by atoms with Crippen molar-refractivity contribution in [2.24, 2.45) is 0 Å². The maximum Gasteiger partial charge on any atom is 0.263 e. The summed E-state index contributed by atoms with van der Waals surface area (Å²) in [5.74, 6) is 0.589. The van der Waals surface area contributed by atoms with E-state index in [1.165, 1.54) is 12.3 Å². The molecule has 0 aliphatic carbocycles. The van der Waals surface area contributed by atoms with E-state index >= 15 is 0 Å². The highest BCUT2D eigenvalue weighted by molar-refractivity contribution is 7.92. The summed E-state index contributed by atoms with van der Waals surface area (Å²) in [6.07, 6.45) is 2.33. The molecule has 5 nitrogen and oxygen atoms in total. The minimum absolute atomic E-state index is 0.172. The lowest BCUT2D eigenvalue weighted by Crippen LogP contribution is -2.13. The van der Waals surface area contributed by atoms with E-state index in [1.54, 1.807) is 12.1 Å². The lowest BCUT2D eigenvalue weighted by atomic mass is 9.99. The van der Waals surface area contributed by atoms with Crippen LogP contribution in [0.2, 0.25) is 0 Å². The van der Waals surface area contributed by atoms with Crippen LogP contribution in [0.25, 0.3) is 0 Å². The maximum atomic E-state index is 12.1. The van der Waals surface area contributed by atoms with E-state index in [0.29, 0.717) is 5.92 Å². The second kappa shape index (κ2) is 5.44. The van der Waals surface area contributed by atoms with Crippen LogP contribution >= 0.6 is 0 Å². The second-order valence-corrected chi connectivity index (χ2v) is 6.05. The van der Waals surface area contributed by atoms with Crippen LogP contribution in [-0.2, 0) is 10.0 Å². The minimum atomic E-state index is -3.60. The van der Waals surface area contributed by atoms with Gasteiger partial charge >= 0.3 is 0 Å². The summed E-state index contributed by atoms with van der Waals surface area (Å²) >= 11 is 0. The average Bonchev–Trinajstić information content (AvgIpc) is 2.90. The normalized spacial score (nSPS) is 13.2. The number of anilines is 1. The molecule has 1 N–H and O–H groups in total. The number of nitrogens with zero attached hydrogens (tertiary/aromatic N) is 1. The van der Waals surface area contributed by atoms with Gasteiger partial charge in [0.05, 0.1) is 4.90 Å². The number of rotatable bonds is 5. The molecule has 0 aliphatic heterocycles. The Hall–Kier alpha value is -1.82. The Bertz CT molecular complexity index is 618. The van der Waals surface area contributed by atoms with Gasteiger partial charge in [0.25, 0.3) is 10.0 Å². The molecule has 19 heavy (non-hydrogen) atoms. The van der Waals surface area contributed by atoms with Crippen molar-refractivity contribution in [1.82, 2.24) is 5.16 Å². The predicted octanol–water partition coefficient (Wildman–Crippen LogP) is 2.99. The Morgan fingerprint density at radius 3 is 2.47 bits per heavy atom. The van der Waals surface area contributed by atoms with Crippen molar-refractivity contribution in [3.8, 4) is 0 Å². The van der Waals surface area contributed by atoms with E-state index in [1.807, 2.05) is 12.1 Å². The Labute approximate surface area is 112 Å². The molecule has 1 atom stereocenters. The predicted molar refractivity (Wildman–Crippen MR) is 72.5 cm³/mol. The summed E-state index contributed by atoms with van der Waals surface area (Å²) < 4.78 is 31.0. The van der Waals surface area contributed by atoms with Crippen LogP contribution in [0.4, 0.5) is 5.82 Å². The molecule has 0 amide bonds. The molecule has 0 saturated heterocycles. The maximum absolute atomic E-state index is 12.1. The molecule has 0 unspecified atom stereocenters. The van der Waals surface area contributed by atoms with Gasteiger partial charge in [-0.1, -0.05) is 31.1 Å². The van der Waals surface area contributed by atoms with E-state index in [4.69, 9.17) is 0 Å². The molecule has 102 valence electrons. The van der Waals surface area contributed by atoms with Gasteiger partial charge in [-0.05, 0) is 30.0 Å². The van der Waals surface area contributed by atoms with Crippen LogP contribution in [-0.4, -0.2) is 13.6 Å². The summed E-state index contributed by atoms with van der Waals surface area (Å²) in [5, 5.41) is 3.52. The third-order valence-electron chi connectivity index (χ3n) is 3.05. The fourth-order valence-electron chi connectivity index (χ4n) is 1.67. The molecule has 1 heterocycles. The van der Waals surface area contributed by atoms with Gasteiger partial charge < -0.3 is 4.52 Å². The number of hydrogen-bond donors (Lipinski definition) is 1. The minimum Gasteiger partial charge on any atom is -0.363 e. The van der Waals surface area contributed by atoms with E-state index in [9.17, 15) is 8.42 Å². The van der Waals surface area contributed by atoms with E-state index in [2.05, 4.69) is 28.2 Å². The standard InChI is InChI=1S/C13H16N2O3S/c1-3-10(2)11-4-6-12(7-5-11)19(16,17)15-13-8-9-18-14-13/h4-10H,3H2,1-2H3,(H,14,15)/t10-/m1/s1. The van der Waals surface area contributed by atoms with Gasteiger partial charge in [0, 0.05) is 6.07 Å².